The molecule has 2 saturated heterocycles. The summed E-state index contributed by atoms with van der Waals surface area (Å²) in [6, 6.07) is -1.64. The van der Waals surface area contributed by atoms with Gasteiger partial charge in [0.25, 0.3) is 0 Å². The quantitative estimate of drug-likeness (QED) is 0.0221. The Morgan fingerprint density at radius 2 is 0.523 bits per heavy atom. The molecule has 0 bridgehead atoms. The maximum Gasteiger partial charge on any atom is 0.483 e. The summed E-state index contributed by atoms with van der Waals surface area (Å²) in [5.41, 5.74) is 27.9. The van der Waals surface area contributed by atoms with Crippen molar-refractivity contribution in [3.05, 3.63) is 221 Å². The summed E-state index contributed by atoms with van der Waals surface area (Å²) in [4.78, 5) is 95.6. The third-order valence-corrected chi connectivity index (χ3v) is 29.4. The van der Waals surface area contributed by atoms with E-state index in [0.29, 0.717) is 6.42 Å². The fraction of sp³-hybridized carbons (Fsp3) is 0.645. The minimum Gasteiger partial charge on any atom is -0.463 e. The number of rotatable bonds is 75. The number of allylic oxidation sites excluding steroid dienone is 38. The smallest absolute Gasteiger partial charge is 0.463 e. The zero-order valence-electron chi connectivity index (χ0n) is 96.9. The SMILES string of the molecule is CC(=O)N[C@H]1[C@H](O[C@H]2[C@H](OC(C)=O)[C@@H](F)[C@@H](OP(=O)(O)OP(=O)(O)OCC[C@@H](C)CC/C=C(/C)CC/C=C(/C)CC/C=C(/C)CC/C=C(/C)CC/C=C(/C)CC/C=C(/C)CC/C=C(/C)CC/C=C(/C)CC/C=C(/C)CC/C=C(/C)CC/C=C(/C)CC/C=C(/C)CC/C=C(/C)CC/C=C(/C)CC/C=C(/C)CC/C=C(/C)CC/C=C(\C)CC/C=C(\C)CCC=C(C)C)O[C@@H]2COC(C)=O)O[C@H](COC(C)=O)[C@@H](OC(C)=O)[C@@H]1OC(C)=O. The molecule has 0 saturated carbocycles. The van der Waals surface area contributed by atoms with Gasteiger partial charge in [-0.15, -0.1) is 0 Å². The second-order valence-corrected chi connectivity index (χ2v) is 45.5. The lowest BCUT2D eigenvalue weighted by molar-refractivity contribution is -0.334. The summed E-state index contributed by atoms with van der Waals surface area (Å²) in [5.74, 6) is -5.61. The van der Waals surface area contributed by atoms with Crippen LogP contribution in [0.1, 0.15) is 437 Å². The second kappa shape index (κ2) is 79.0. The molecule has 149 heavy (non-hydrogen) atoms. The summed E-state index contributed by atoms with van der Waals surface area (Å²) in [6.07, 6.45) is 69.2. The molecule has 13 atom stereocenters. The van der Waals surface area contributed by atoms with Gasteiger partial charge in [0.2, 0.25) is 12.2 Å². The van der Waals surface area contributed by atoms with Crippen LogP contribution in [0.2, 0.25) is 0 Å². The Bertz CT molecular complexity index is 4810. The van der Waals surface area contributed by atoms with E-state index >= 15 is 4.39 Å². The standard InChI is InChI=1S/C124H198FNO21P2/c1-89(2)47-28-48-90(3)49-29-50-91(4)51-30-52-92(5)53-31-54-93(6)55-32-56-94(7)57-33-58-95(8)59-34-60-96(9)61-35-62-97(10)63-36-64-98(11)65-37-66-99(12)67-38-68-100(13)69-39-70-101(14)71-40-72-102(15)73-41-74-103(16)75-42-76-104(17)77-43-78-105(18)79-44-80-106(19)81-45-82-107(20)83-46-84-108(21)85-86-139-148(133,134)147-149(135,136)146-123-117(125)121(141-113(26)131)119(115(143-123)87-137-110(23)128)145-124-118(126-109(22)127)122(142-114(27)132)120(140-112(25)130)116(144-124)88-138-111(24)129/h47,49,51,53,55,57,59,61,63,65,67,69,71,73,75,77,79,81,83,108,115-124H,28-46,48,50,52,54,56,58,60,62,64,66,68,70,72,74,76,78,80,82,84-88H2,1-27H3,(H,126,127)(H,133,134)(H,135,136)/b90-49+,91-51+,92-53-,93-55-,94-57-,95-59-,96-61-,97-63-,98-65-,99-67-,100-69-,101-71-,102-73-,103-75-,104-77-,105-79-,106-81-,107-83-/t108-,115+,116+,117+,118+,119+,120+,121+,122+,123+,124-/m0/s1. The molecule has 22 nitrogen and oxygen atoms in total. The van der Waals surface area contributed by atoms with Crippen molar-refractivity contribution in [3.63, 3.8) is 0 Å². The molecule has 3 N–H and O–H groups in total. The van der Waals surface area contributed by atoms with E-state index in [0.717, 1.165) is 266 Å². The van der Waals surface area contributed by atoms with Crippen molar-refractivity contribution in [1.29, 1.82) is 0 Å². The fourth-order valence-corrected chi connectivity index (χ4v) is 19.6. The molecule has 2 unspecified atom stereocenters. The van der Waals surface area contributed by atoms with Crippen LogP contribution in [0.4, 0.5) is 4.39 Å². The summed E-state index contributed by atoms with van der Waals surface area (Å²) in [6.45, 7) is 51.2. The first-order valence-corrected chi connectivity index (χ1v) is 58.2. The first-order chi connectivity index (χ1) is 70.4. The molecule has 2 heterocycles. The highest BCUT2D eigenvalue weighted by Crippen LogP contribution is 2.62. The molecule has 2 fully saturated rings. The Hall–Kier alpha value is -8.05. The van der Waals surface area contributed by atoms with Gasteiger partial charge in [-0.2, -0.15) is 4.31 Å². The number of halogens is 1. The van der Waals surface area contributed by atoms with Crippen molar-refractivity contribution in [2.24, 2.45) is 5.92 Å². The Morgan fingerprint density at radius 3 is 0.765 bits per heavy atom. The molecular formula is C124H198FNO21P2. The number of ether oxygens (including phenoxy) is 8. The van der Waals surface area contributed by atoms with Crippen LogP contribution >= 0.6 is 15.6 Å². The Kier molecular flexibility index (Phi) is 72.6. The molecule has 842 valence electrons. The summed E-state index contributed by atoms with van der Waals surface area (Å²) < 4.78 is 102. The second-order valence-electron chi connectivity index (χ2n) is 42.5. The normalized spacial score (nSPS) is 21.1. The van der Waals surface area contributed by atoms with Crippen LogP contribution in [0, 0.1) is 5.92 Å². The van der Waals surface area contributed by atoms with E-state index in [1.165, 1.54) is 119 Å². The van der Waals surface area contributed by atoms with E-state index in [-0.39, 0.29) is 12.3 Å². The van der Waals surface area contributed by atoms with Crippen molar-refractivity contribution < 1.29 is 103 Å². The van der Waals surface area contributed by atoms with Gasteiger partial charge in [0.15, 0.2) is 30.8 Å². The highest BCUT2D eigenvalue weighted by molar-refractivity contribution is 7.61. The van der Waals surface area contributed by atoms with Crippen LogP contribution in [-0.2, 0) is 89.2 Å². The number of amides is 1. The number of hydrogen-bond donors (Lipinski definition) is 3. The van der Waals surface area contributed by atoms with E-state index in [9.17, 15) is 47.7 Å². The number of carbonyl (C=O) groups is 6. The number of alkyl halides is 1. The predicted molar refractivity (Wildman–Crippen MR) is 609 cm³/mol. The molecule has 0 aromatic rings. The van der Waals surface area contributed by atoms with Crippen LogP contribution in [0.15, 0.2) is 221 Å². The minimum absolute atomic E-state index is 0.0348. The number of carbonyl (C=O) groups excluding carboxylic acids is 6. The highest BCUT2D eigenvalue weighted by Gasteiger charge is 2.58. The van der Waals surface area contributed by atoms with E-state index in [1.807, 2.05) is 6.92 Å². The summed E-state index contributed by atoms with van der Waals surface area (Å²) in [7, 11) is -11.3. The average Bonchev–Trinajstić information content (AvgIpc) is 0.761. The summed E-state index contributed by atoms with van der Waals surface area (Å²) >= 11 is 0. The zero-order valence-corrected chi connectivity index (χ0v) is 98.7. The first-order valence-electron chi connectivity index (χ1n) is 55.2. The maximum atomic E-state index is 16.8. The molecule has 0 aromatic carbocycles. The van der Waals surface area contributed by atoms with Gasteiger partial charge in [0, 0.05) is 41.5 Å². The van der Waals surface area contributed by atoms with E-state index in [1.54, 1.807) is 0 Å². The van der Waals surface area contributed by atoms with Gasteiger partial charge in [0.05, 0.1) is 6.61 Å². The highest BCUT2D eigenvalue weighted by atomic mass is 31.3. The predicted octanol–water partition coefficient (Wildman–Crippen LogP) is 33.7. The molecule has 2 aliphatic heterocycles. The maximum absolute atomic E-state index is 16.8. The molecule has 2 rings (SSSR count). The first kappa shape index (κ1) is 137. The van der Waals surface area contributed by atoms with Crippen LogP contribution < -0.4 is 5.32 Å². The van der Waals surface area contributed by atoms with Crippen molar-refractivity contribution in [2.75, 3.05) is 19.8 Å². The summed E-state index contributed by atoms with van der Waals surface area (Å²) in [5, 5.41) is 2.46. The Labute approximate surface area is 900 Å². The van der Waals surface area contributed by atoms with Gasteiger partial charge in [-0.25, -0.2) is 13.5 Å². The molecule has 0 aromatic heterocycles. The Morgan fingerprint density at radius 1 is 0.295 bits per heavy atom. The topological polar surface area (TPSA) is 291 Å². The largest absolute Gasteiger partial charge is 0.483 e. The lowest BCUT2D eigenvalue weighted by Crippen LogP contribution is -2.69. The number of phosphoric acid groups is 2. The van der Waals surface area contributed by atoms with Gasteiger partial charge >= 0.3 is 45.5 Å². The van der Waals surface area contributed by atoms with E-state index < -0.39 is 133 Å². The van der Waals surface area contributed by atoms with Crippen LogP contribution in [-0.4, -0.2) is 127 Å². The van der Waals surface area contributed by atoms with E-state index in [4.69, 9.17) is 46.9 Å². The molecule has 0 aliphatic carbocycles. The monoisotopic (exact) mass is 2120 g/mol. The van der Waals surface area contributed by atoms with Crippen LogP contribution in [0.3, 0.4) is 0 Å². The third kappa shape index (κ3) is 70.8. The number of hydrogen-bond acceptors (Lipinski definition) is 19. The van der Waals surface area contributed by atoms with Crippen molar-refractivity contribution >= 4 is 51.4 Å². The molecule has 25 heteroatoms. The van der Waals surface area contributed by atoms with Gasteiger partial charge in [0.1, 0.15) is 37.6 Å². The lowest BCUT2D eigenvalue weighted by Gasteiger charge is -2.48. The average molecular weight is 2120 g/mol. The number of esters is 5. The van der Waals surface area contributed by atoms with Gasteiger partial charge in [-0.3, -0.25) is 37.8 Å². The van der Waals surface area contributed by atoms with Crippen molar-refractivity contribution in [1.82, 2.24) is 5.32 Å². The van der Waals surface area contributed by atoms with Crippen LogP contribution in [0.25, 0.3) is 0 Å². The molecular weight excluding hydrogens is 1920 g/mol. The fourth-order valence-electron chi connectivity index (χ4n) is 17.5. The molecule has 2 aliphatic rings. The minimum atomic E-state index is -5.86. The number of phosphoric ester groups is 2. The zero-order chi connectivity index (χ0) is 111. The molecule has 0 spiro atoms. The number of nitrogens with one attached hydrogen (secondary N) is 1. The van der Waals surface area contributed by atoms with E-state index in [2.05, 4.69) is 264 Å². The van der Waals surface area contributed by atoms with Crippen molar-refractivity contribution in [3.8, 4) is 0 Å². The van der Waals surface area contributed by atoms with Crippen molar-refractivity contribution in [2.45, 2.75) is 499 Å². The van der Waals surface area contributed by atoms with Gasteiger partial charge in [-0.05, 0) is 395 Å². The molecule has 1 amide bonds. The lowest BCUT2D eigenvalue weighted by atomic mass is 9.95. The van der Waals surface area contributed by atoms with Crippen LogP contribution in [0.5, 0.6) is 0 Å². The molecule has 0 radical (unpaired) electrons. The van der Waals surface area contributed by atoms with Gasteiger partial charge < -0.3 is 53.0 Å². The Balaban J connectivity index is 1.66. The third-order valence-electron chi connectivity index (χ3n) is 26.8. The van der Waals surface area contributed by atoms with Gasteiger partial charge in [-0.1, -0.05) is 228 Å².